The van der Waals surface area contributed by atoms with E-state index in [0.717, 1.165) is 0 Å². The number of para-hydroxylation sites is 3. The highest BCUT2D eigenvalue weighted by Gasteiger charge is 2.31. The third kappa shape index (κ3) is 5.53. The van der Waals surface area contributed by atoms with Crippen LogP contribution in [0, 0.1) is 0 Å². The smallest absolute Gasteiger partial charge is 0.405 e. The van der Waals surface area contributed by atoms with Gasteiger partial charge in [-0.1, -0.05) is 24.3 Å². The van der Waals surface area contributed by atoms with E-state index >= 15 is 0 Å². The number of nitrogens with zero attached hydrogens (tertiary/aromatic N) is 1. The third-order valence-corrected chi connectivity index (χ3v) is 4.53. The average molecular weight is 435 g/mol. The fourth-order valence-electron chi connectivity index (χ4n) is 3.08. The Kier molecular flexibility index (Phi) is 6.47. The molecule has 1 unspecified atom stereocenters. The minimum absolute atomic E-state index is 0.0673. The normalized spacial score (nSPS) is 15.7. The number of carbonyl (C=O) groups excluding carboxylic acids is 3. The maximum atomic E-state index is 12.5. The number of halogens is 3. The maximum absolute atomic E-state index is 12.5. The summed E-state index contributed by atoms with van der Waals surface area (Å²) in [5.41, 5.74) is 0.529. The van der Waals surface area contributed by atoms with Gasteiger partial charge in [-0.2, -0.15) is 13.2 Å². The Labute approximate surface area is 176 Å². The molecule has 0 saturated carbocycles. The molecule has 1 aliphatic rings. The van der Waals surface area contributed by atoms with Crippen LogP contribution in [0.15, 0.2) is 48.5 Å². The van der Waals surface area contributed by atoms with E-state index in [1.165, 1.54) is 23.1 Å². The number of carbonyl (C=O) groups is 3. The number of hydrogen-bond acceptors (Lipinski definition) is 4. The molecule has 2 aromatic carbocycles. The van der Waals surface area contributed by atoms with Crippen molar-refractivity contribution in [1.29, 1.82) is 0 Å². The first-order valence-corrected chi connectivity index (χ1v) is 9.46. The van der Waals surface area contributed by atoms with Gasteiger partial charge >= 0.3 is 6.18 Å². The number of rotatable bonds is 6. The molecule has 0 fully saturated rings. The lowest BCUT2D eigenvalue weighted by Crippen LogP contribution is -2.45. The molecule has 0 aromatic heterocycles. The summed E-state index contributed by atoms with van der Waals surface area (Å²) in [6.07, 6.45) is -5.34. The van der Waals surface area contributed by atoms with Crippen LogP contribution in [-0.4, -0.2) is 43.1 Å². The number of hydrogen-bond donors (Lipinski definition) is 2. The minimum atomic E-state index is -4.55. The van der Waals surface area contributed by atoms with Gasteiger partial charge in [0.05, 0.1) is 16.9 Å². The predicted molar refractivity (Wildman–Crippen MR) is 107 cm³/mol. The lowest BCUT2D eigenvalue weighted by atomic mass is 10.1. The fourth-order valence-corrected chi connectivity index (χ4v) is 3.08. The van der Waals surface area contributed by atoms with Crippen LogP contribution in [-0.2, 0) is 9.59 Å². The van der Waals surface area contributed by atoms with Gasteiger partial charge in [0.15, 0.2) is 6.10 Å². The number of fused-ring (bicyclic) bond motifs is 1. The Bertz CT molecular complexity index is 994. The van der Waals surface area contributed by atoms with Crippen LogP contribution < -0.4 is 20.3 Å². The summed E-state index contributed by atoms with van der Waals surface area (Å²) >= 11 is 0. The van der Waals surface area contributed by atoms with Gasteiger partial charge < -0.3 is 20.3 Å². The molecule has 0 saturated heterocycles. The van der Waals surface area contributed by atoms with E-state index in [4.69, 9.17) is 4.74 Å². The molecule has 2 N–H and O–H groups in total. The largest absolute Gasteiger partial charge is 0.479 e. The Hall–Kier alpha value is -3.56. The molecule has 2 aromatic rings. The van der Waals surface area contributed by atoms with Crippen molar-refractivity contribution in [2.45, 2.75) is 25.6 Å². The monoisotopic (exact) mass is 435 g/mol. The maximum Gasteiger partial charge on any atom is 0.405 e. The van der Waals surface area contributed by atoms with Crippen LogP contribution in [0.3, 0.4) is 0 Å². The molecular weight excluding hydrogens is 415 g/mol. The number of amides is 3. The molecular formula is C21H20F3N3O4. The second-order valence-corrected chi connectivity index (χ2v) is 6.86. The SMILES string of the molecule is CC1Oc2ccccc2N(CCC(=O)Nc2ccccc2C(=O)NCC(F)(F)F)C1=O. The Morgan fingerprint density at radius 3 is 2.52 bits per heavy atom. The zero-order valence-corrected chi connectivity index (χ0v) is 16.5. The Balaban J connectivity index is 1.66. The number of nitrogens with one attached hydrogen (secondary N) is 2. The van der Waals surface area contributed by atoms with E-state index in [2.05, 4.69) is 5.32 Å². The lowest BCUT2D eigenvalue weighted by molar-refractivity contribution is -0.125. The summed E-state index contributed by atoms with van der Waals surface area (Å²) in [4.78, 5) is 38.5. The molecule has 0 radical (unpaired) electrons. The fraction of sp³-hybridized carbons (Fsp3) is 0.286. The van der Waals surface area contributed by atoms with Crippen molar-refractivity contribution >= 4 is 29.1 Å². The molecule has 0 spiro atoms. The Morgan fingerprint density at radius 2 is 1.77 bits per heavy atom. The first-order valence-electron chi connectivity index (χ1n) is 9.46. The molecule has 7 nitrogen and oxygen atoms in total. The molecule has 1 aliphatic heterocycles. The molecule has 31 heavy (non-hydrogen) atoms. The summed E-state index contributed by atoms with van der Waals surface area (Å²) in [7, 11) is 0. The van der Waals surface area contributed by atoms with E-state index < -0.39 is 30.6 Å². The van der Waals surface area contributed by atoms with E-state index in [9.17, 15) is 27.6 Å². The highest BCUT2D eigenvalue weighted by atomic mass is 19.4. The highest BCUT2D eigenvalue weighted by Crippen LogP contribution is 2.33. The number of ether oxygens (including phenoxy) is 1. The van der Waals surface area contributed by atoms with Crippen LogP contribution >= 0.6 is 0 Å². The standard InChI is InChI=1S/C21H20F3N3O4/c1-13-20(30)27(16-8-4-5-9-17(16)31-13)11-10-18(28)26-15-7-3-2-6-14(15)19(29)25-12-21(22,23)24/h2-9,13H,10-12H2,1H3,(H,25,29)(H,26,28). The lowest BCUT2D eigenvalue weighted by Gasteiger charge is -2.32. The van der Waals surface area contributed by atoms with Crippen LogP contribution in [0.1, 0.15) is 23.7 Å². The zero-order chi connectivity index (χ0) is 22.6. The van der Waals surface area contributed by atoms with Gasteiger partial charge in [-0.05, 0) is 31.2 Å². The average Bonchev–Trinajstić information content (AvgIpc) is 2.72. The van der Waals surface area contributed by atoms with Gasteiger partial charge in [-0.3, -0.25) is 14.4 Å². The van der Waals surface area contributed by atoms with E-state index in [0.29, 0.717) is 11.4 Å². The topological polar surface area (TPSA) is 87.7 Å². The van der Waals surface area contributed by atoms with Crippen molar-refractivity contribution < 1.29 is 32.3 Å². The van der Waals surface area contributed by atoms with Gasteiger partial charge in [0.2, 0.25) is 5.91 Å². The predicted octanol–water partition coefficient (Wildman–Crippen LogP) is 3.12. The Morgan fingerprint density at radius 1 is 1.10 bits per heavy atom. The summed E-state index contributed by atoms with van der Waals surface area (Å²) in [5, 5.41) is 4.30. The van der Waals surface area contributed by atoms with Crippen molar-refractivity contribution in [3.63, 3.8) is 0 Å². The second kappa shape index (κ2) is 9.07. The molecule has 0 aliphatic carbocycles. The van der Waals surface area contributed by atoms with Crippen molar-refractivity contribution in [3.8, 4) is 5.75 Å². The van der Waals surface area contributed by atoms with Crippen molar-refractivity contribution in [2.75, 3.05) is 23.3 Å². The quantitative estimate of drug-likeness (QED) is 0.730. The molecule has 164 valence electrons. The van der Waals surface area contributed by atoms with Gasteiger partial charge in [0.1, 0.15) is 12.3 Å². The van der Waals surface area contributed by atoms with E-state index in [1.54, 1.807) is 42.6 Å². The molecule has 10 heteroatoms. The van der Waals surface area contributed by atoms with Gasteiger partial charge in [-0.15, -0.1) is 0 Å². The van der Waals surface area contributed by atoms with Gasteiger partial charge in [-0.25, -0.2) is 0 Å². The molecule has 3 amide bonds. The minimum Gasteiger partial charge on any atom is -0.479 e. The zero-order valence-electron chi connectivity index (χ0n) is 16.5. The summed E-state index contributed by atoms with van der Waals surface area (Å²) < 4.78 is 42.6. The van der Waals surface area contributed by atoms with Crippen LogP contribution in [0.25, 0.3) is 0 Å². The van der Waals surface area contributed by atoms with E-state index in [1.807, 2.05) is 0 Å². The van der Waals surface area contributed by atoms with Gasteiger partial charge in [0, 0.05) is 13.0 Å². The van der Waals surface area contributed by atoms with Crippen LogP contribution in [0.2, 0.25) is 0 Å². The summed E-state index contributed by atoms with van der Waals surface area (Å²) in [6.45, 7) is 0.198. The van der Waals surface area contributed by atoms with Gasteiger partial charge in [0.25, 0.3) is 11.8 Å². The second-order valence-electron chi connectivity index (χ2n) is 6.86. The number of benzene rings is 2. The van der Waals surface area contributed by atoms with E-state index in [-0.39, 0.29) is 30.1 Å². The van der Waals surface area contributed by atoms with Crippen LogP contribution in [0.5, 0.6) is 5.75 Å². The highest BCUT2D eigenvalue weighted by molar-refractivity contribution is 6.04. The first kappa shape index (κ1) is 22.1. The summed E-state index contributed by atoms with van der Waals surface area (Å²) in [5.74, 6) is -1.22. The van der Waals surface area contributed by atoms with Crippen molar-refractivity contribution in [1.82, 2.24) is 5.32 Å². The number of anilines is 2. The van der Waals surface area contributed by atoms with Crippen molar-refractivity contribution in [3.05, 3.63) is 54.1 Å². The number of alkyl halides is 3. The van der Waals surface area contributed by atoms with Crippen LogP contribution in [0.4, 0.5) is 24.5 Å². The first-order chi connectivity index (χ1) is 14.7. The third-order valence-electron chi connectivity index (χ3n) is 4.53. The summed E-state index contributed by atoms with van der Waals surface area (Å²) in [6, 6.07) is 12.7. The van der Waals surface area contributed by atoms with Crippen molar-refractivity contribution in [2.24, 2.45) is 0 Å². The molecule has 0 bridgehead atoms. The molecule has 1 atom stereocenters. The molecule has 3 rings (SSSR count). The molecule has 1 heterocycles.